The normalized spacial score (nSPS) is 10.8. The Morgan fingerprint density at radius 3 is 2.17 bits per heavy atom. The summed E-state index contributed by atoms with van der Waals surface area (Å²) in [6.45, 7) is 0.230. The molecule has 0 radical (unpaired) electrons. The number of rotatable bonds is 8. The molecule has 6 nitrogen and oxygen atoms in total. The molecular formula is C23H20N2O4S. The predicted octanol–water partition coefficient (Wildman–Crippen LogP) is 3.32. The van der Waals surface area contributed by atoms with Crippen molar-refractivity contribution in [2.75, 3.05) is 6.54 Å². The van der Waals surface area contributed by atoms with Crippen LogP contribution in [0, 0.1) is 12.3 Å². The summed E-state index contributed by atoms with van der Waals surface area (Å²) in [4.78, 5) is 12.4. The van der Waals surface area contributed by atoms with Crippen LogP contribution in [-0.4, -0.2) is 20.9 Å². The average molecular weight is 420 g/mol. The zero-order chi connectivity index (χ0) is 21.4. The first-order chi connectivity index (χ1) is 14.5. The summed E-state index contributed by atoms with van der Waals surface area (Å²) in [6.07, 6.45) is 5.06. The highest BCUT2D eigenvalue weighted by Crippen LogP contribution is 2.21. The van der Waals surface area contributed by atoms with Crippen molar-refractivity contribution >= 4 is 15.9 Å². The van der Waals surface area contributed by atoms with Gasteiger partial charge in [-0.05, 0) is 54.1 Å². The number of ether oxygens (including phenoxy) is 1. The molecule has 0 unspecified atom stereocenters. The number of carbonyl (C=O) groups excluding carboxylic acids is 1. The van der Waals surface area contributed by atoms with Crippen LogP contribution < -0.4 is 14.8 Å². The van der Waals surface area contributed by atoms with Gasteiger partial charge < -0.3 is 10.1 Å². The largest absolute Gasteiger partial charge is 0.457 e. The Kier molecular flexibility index (Phi) is 6.86. The summed E-state index contributed by atoms with van der Waals surface area (Å²) in [6, 6.07) is 22.5. The van der Waals surface area contributed by atoms with Crippen molar-refractivity contribution < 1.29 is 17.9 Å². The van der Waals surface area contributed by atoms with Gasteiger partial charge in [0.1, 0.15) is 11.5 Å². The number of nitrogens with one attached hydrogen (secondary N) is 2. The first-order valence-corrected chi connectivity index (χ1v) is 10.6. The van der Waals surface area contributed by atoms with Gasteiger partial charge in [-0.3, -0.25) is 4.79 Å². The third kappa shape index (κ3) is 5.70. The number of carbonyl (C=O) groups is 1. The Morgan fingerprint density at radius 1 is 0.900 bits per heavy atom. The molecule has 1 amide bonds. The van der Waals surface area contributed by atoms with E-state index in [0.29, 0.717) is 17.9 Å². The molecule has 0 spiro atoms. The van der Waals surface area contributed by atoms with E-state index in [1.165, 1.54) is 24.3 Å². The topological polar surface area (TPSA) is 84.5 Å². The molecular weight excluding hydrogens is 400 g/mol. The van der Waals surface area contributed by atoms with E-state index in [0.717, 1.165) is 11.3 Å². The van der Waals surface area contributed by atoms with E-state index in [9.17, 15) is 13.2 Å². The number of hydrogen-bond acceptors (Lipinski definition) is 4. The van der Waals surface area contributed by atoms with Crippen LogP contribution in [0.1, 0.15) is 15.9 Å². The molecule has 0 aromatic heterocycles. The predicted molar refractivity (Wildman–Crippen MR) is 115 cm³/mol. The van der Waals surface area contributed by atoms with Gasteiger partial charge in [0, 0.05) is 12.1 Å². The first kappa shape index (κ1) is 21.1. The fourth-order valence-electron chi connectivity index (χ4n) is 2.59. The Labute approximate surface area is 176 Å². The van der Waals surface area contributed by atoms with Crippen LogP contribution in [0.2, 0.25) is 0 Å². The minimum absolute atomic E-state index is 0.0447. The molecule has 0 aliphatic heterocycles. The van der Waals surface area contributed by atoms with Crippen LogP contribution in [0.4, 0.5) is 0 Å². The maximum Gasteiger partial charge on any atom is 0.251 e. The summed E-state index contributed by atoms with van der Waals surface area (Å²) < 4.78 is 32.0. The molecule has 7 heteroatoms. The minimum atomic E-state index is -3.68. The highest BCUT2D eigenvalue weighted by atomic mass is 32.2. The zero-order valence-corrected chi connectivity index (χ0v) is 16.9. The third-order valence-corrected chi connectivity index (χ3v) is 5.56. The number of sulfonamides is 1. The number of para-hydroxylation sites is 1. The molecule has 3 aromatic rings. The molecule has 152 valence electrons. The molecule has 0 heterocycles. The third-order valence-electron chi connectivity index (χ3n) is 4.15. The monoisotopic (exact) mass is 420 g/mol. The van der Waals surface area contributed by atoms with E-state index in [4.69, 9.17) is 11.2 Å². The van der Waals surface area contributed by atoms with Gasteiger partial charge in [-0.1, -0.05) is 36.3 Å². The average Bonchev–Trinajstić information content (AvgIpc) is 2.78. The van der Waals surface area contributed by atoms with Crippen molar-refractivity contribution in [1.29, 1.82) is 0 Å². The SMILES string of the molecule is C#CCNS(=O)(=O)c1ccc(C(=O)NCc2ccc(Oc3ccccc3)cc2)cc1. The summed E-state index contributed by atoms with van der Waals surface area (Å²) in [7, 11) is -3.68. The summed E-state index contributed by atoms with van der Waals surface area (Å²) in [5, 5.41) is 2.81. The van der Waals surface area contributed by atoms with Gasteiger partial charge in [-0.25, -0.2) is 8.42 Å². The number of benzene rings is 3. The fourth-order valence-corrected chi connectivity index (χ4v) is 3.52. The summed E-state index contributed by atoms with van der Waals surface area (Å²) >= 11 is 0. The Balaban J connectivity index is 1.56. The second-order valence-electron chi connectivity index (χ2n) is 6.29. The minimum Gasteiger partial charge on any atom is -0.457 e. The van der Waals surface area contributed by atoms with Crippen molar-refractivity contribution in [3.63, 3.8) is 0 Å². The molecule has 2 N–H and O–H groups in total. The molecule has 0 aliphatic carbocycles. The lowest BCUT2D eigenvalue weighted by Crippen LogP contribution is -2.25. The molecule has 0 saturated heterocycles. The van der Waals surface area contributed by atoms with E-state index in [1.54, 1.807) is 0 Å². The second kappa shape index (κ2) is 9.74. The number of terminal acetylenes is 1. The number of hydrogen-bond donors (Lipinski definition) is 2. The van der Waals surface area contributed by atoms with E-state index < -0.39 is 10.0 Å². The fraction of sp³-hybridized carbons (Fsp3) is 0.0870. The molecule has 30 heavy (non-hydrogen) atoms. The van der Waals surface area contributed by atoms with E-state index in [1.807, 2.05) is 54.6 Å². The molecule has 0 saturated carbocycles. The van der Waals surface area contributed by atoms with Gasteiger partial charge in [0.05, 0.1) is 11.4 Å². The van der Waals surface area contributed by atoms with Gasteiger partial charge in [-0.15, -0.1) is 6.42 Å². The lowest BCUT2D eigenvalue weighted by molar-refractivity contribution is 0.0951. The molecule has 0 aliphatic rings. The van der Waals surface area contributed by atoms with Crippen LogP contribution in [-0.2, 0) is 16.6 Å². The van der Waals surface area contributed by atoms with Crippen molar-refractivity contribution in [1.82, 2.24) is 10.0 Å². The van der Waals surface area contributed by atoms with Crippen molar-refractivity contribution in [2.45, 2.75) is 11.4 Å². The molecule has 3 aromatic carbocycles. The van der Waals surface area contributed by atoms with Crippen molar-refractivity contribution in [2.24, 2.45) is 0 Å². The summed E-state index contributed by atoms with van der Waals surface area (Å²) in [5.41, 5.74) is 1.26. The first-order valence-electron chi connectivity index (χ1n) is 9.11. The van der Waals surface area contributed by atoms with Gasteiger partial charge in [-0.2, -0.15) is 4.72 Å². The summed E-state index contributed by atoms with van der Waals surface area (Å²) in [5.74, 6) is 3.35. The lowest BCUT2D eigenvalue weighted by atomic mass is 10.2. The van der Waals surface area contributed by atoms with E-state index >= 15 is 0 Å². The van der Waals surface area contributed by atoms with Crippen LogP contribution in [0.25, 0.3) is 0 Å². The molecule has 0 bridgehead atoms. The van der Waals surface area contributed by atoms with Gasteiger partial charge in [0.15, 0.2) is 0 Å². The molecule has 0 atom stereocenters. The van der Waals surface area contributed by atoms with Crippen molar-refractivity contribution in [3.05, 3.63) is 90.0 Å². The molecule has 0 fully saturated rings. The molecule has 3 rings (SSSR count). The standard InChI is InChI=1S/C23H20N2O4S/c1-2-16-25-30(27,28)22-14-10-19(11-15-22)23(26)24-17-18-8-12-21(13-9-18)29-20-6-4-3-5-7-20/h1,3-15,25H,16-17H2,(H,24,26). The highest BCUT2D eigenvalue weighted by molar-refractivity contribution is 7.89. The highest BCUT2D eigenvalue weighted by Gasteiger charge is 2.14. The second-order valence-corrected chi connectivity index (χ2v) is 8.06. The Hall–Kier alpha value is -3.60. The Morgan fingerprint density at radius 2 is 1.53 bits per heavy atom. The van der Waals surface area contributed by atoms with Gasteiger partial charge in [0.25, 0.3) is 5.91 Å². The van der Waals surface area contributed by atoms with Crippen molar-refractivity contribution in [3.8, 4) is 23.8 Å². The lowest BCUT2D eigenvalue weighted by Gasteiger charge is -2.09. The van der Waals surface area contributed by atoms with Crippen LogP contribution >= 0.6 is 0 Å². The smallest absolute Gasteiger partial charge is 0.251 e. The van der Waals surface area contributed by atoms with E-state index in [-0.39, 0.29) is 17.3 Å². The van der Waals surface area contributed by atoms with Crippen LogP contribution in [0.15, 0.2) is 83.8 Å². The van der Waals surface area contributed by atoms with E-state index in [2.05, 4.69) is 16.0 Å². The zero-order valence-electron chi connectivity index (χ0n) is 16.0. The quantitative estimate of drug-likeness (QED) is 0.548. The number of amides is 1. The maximum absolute atomic E-state index is 12.3. The van der Waals surface area contributed by atoms with Gasteiger partial charge in [0.2, 0.25) is 10.0 Å². The van der Waals surface area contributed by atoms with Crippen LogP contribution in [0.5, 0.6) is 11.5 Å². The van der Waals surface area contributed by atoms with Gasteiger partial charge >= 0.3 is 0 Å². The Bertz CT molecular complexity index is 1130. The van der Waals surface area contributed by atoms with Crippen LogP contribution in [0.3, 0.4) is 0 Å². The maximum atomic E-state index is 12.3.